The van der Waals surface area contributed by atoms with E-state index in [0.29, 0.717) is 16.6 Å². The third-order valence-corrected chi connectivity index (χ3v) is 6.17. The fourth-order valence-corrected chi connectivity index (χ4v) is 4.90. The van der Waals surface area contributed by atoms with Crippen LogP contribution in [0.3, 0.4) is 0 Å². The van der Waals surface area contributed by atoms with Crippen LogP contribution in [0, 0.1) is 0 Å². The monoisotopic (exact) mass is 374 g/mol. The van der Waals surface area contributed by atoms with Crippen LogP contribution in [0.1, 0.15) is 11.8 Å². The average Bonchev–Trinajstić information content (AvgIpc) is 2.84. The van der Waals surface area contributed by atoms with Gasteiger partial charge in [0.05, 0.1) is 4.90 Å². The number of halogens is 1. The van der Waals surface area contributed by atoms with Gasteiger partial charge in [-0.2, -0.15) is 0 Å². The van der Waals surface area contributed by atoms with Crippen molar-refractivity contribution in [1.29, 1.82) is 0 Å². The molecule has 0 radical (unpaired) electrons. The largest absolute Gasteiger partial charge is 0.399 e. The maximum Gasteiger partial charge on any atom is 0.242 e. The topological polar surface area (TPSA) is 72.2 Å². The number of benzene rings is 1. The van der Waals surface area contributed by atoms with Crippen LogP contribution in [-0.2, 0) is 16.4 Å². The predicted molar refractivity (Wildman–Crippen MR) is 86.4 cm³/mol. The molecule has 0 fully saturated rings. The van der Waals surface area contributed by atoms with Crippen molar-refractivity contribution in [2.75, 3.05) is 5.73 Å². The Balaban J connectivity index is 2.16. The standard InChI is InChI=1S/C13H15BrN2O2S2/c1-9(7-11-3-2-6-19-11)16-20(17,18)13-8-10(15)4-5-12(13)14/h2-6,8-9,16H,7,15H2,1H3. The number of nitrogens with two attached hydrogens (primary N) is 1. The molecule has 0 aliphatic carbocycles. The maximum atomic E-state index is 12.4. The van der Waals surface area contributed by atoms with Crippen LogP contribution >= 0.6 is 27.3 Å². The van der Waals surface area contributed by atoms with E-state index in [-0.39, 0.29) is 10.9 Å². The first-order valence-electron chi connectivity index (χ1n) is 5.98. The molecule has 7 heteroatoms. The predicted octanol–water partition coefficient (Wildman–Crippen LogP) is 3.00. The summed E-state index contributed by atoms with van der Waals surface area (Å²) in [7, 11) is -3.59. The van der Waals surface area contributed by atoms with Gasteiger partial charge in [0.25, 0.3) is 0 Å². The van der Waals surface area contributed by atoms with Crippen molar-refractivity contribution >= 4 is 43.0 Å². The number of nitrogens with one attached hydrogen (secondary N) is 1. The lowest BCUT2D eigenvalue weighted by Gasteiger charge is -2.14. The van der Waals surface area contributed by atoms with Gasteiger partial charge in [-0.05, 0) is 58.9 Å². The Morgan fingerprint density at radius 1 is 1.40 bits per heavy atom. The van der Waals surface area contributed by atoms with Crippen LogP contribution in [0.4, 0.5) is 5.69 Å². The van der Waals surface area contributed by atoms with E-state index in [4.69, 9.17) is 5.73 Å². The summed E-state index contributed by atoms with van der Waals surface area (Å²) in [6.07, 6.45) is 0.664. The average molecular weight is 375 g/mol. The molecule has 1 aromatic heterocycles. The number of rotatable bonds is 5. The highest BCUT2D eigenvalue weighted by molar-refractivity contribution is 9.10. The van der Waals surface area contributed by atoms with Gasteiger partial charge in [-0.3, -0.25) is 0 Å². The van der Waals surface area contributed by atoms with Crippen LogP contribution < -0.4 is 10.5 Å². The number of thiophene rings is 1. The molecular formula is C13H15BrN2O2S2. The van der Waals surface area contributed by atoms with E-state index >= 15 is 0 Å². The Morgan fingerprint density at radius 3 is 2.80 bits per heavy atom. The first-order chi connectivity index (χ1) is 9.38. The second kappa shape index (κ2) is 6.26. The molecule has 0 spiro atoms. The molecule has 0 aliphatic heterocycles. The van der Waals surface area contributed by atoms with Crippen molar-refractivity contribution in [3.8, 4) is 0 Å². The molecule has 2 rings (SSSR count). The van der Waals surface area contributed by atoms with Crippen LogP contribution in [-0.4, -0.2) is 14.5 Å². The second-order valence-electron chi connectivity index (χ2n) is 4.50. The van der Waals surface area contributed by atoms with E-state index in [1.165, 1.54) is 6.07 Å². The summed E-state index contributed by atoms with van der Waals surface area (Å²) < 4.78 is 27.9. The number of sulfonamides is 1. The van der Waals surface area contributed by atoms with Crippen LogP contribution in [0.15, 0.2) is 45.1 Å². The molecular weight excluding hydrogens is 360 g/mol. The van der Waals surface area contributed by atoms with Crippen LogP contribution in [0.5, 0.6) is 0 Å². The molecule has 1 unspecified atom stereocenters. The third-order valence-electron chi connectivity index (χ3n) is 2.69. The lowest BCUT2D eigenvalue weighted by molar-refractivity contribution is 0.560. The van der Waals surface area contributed by atoms with Gasteiger partial charge >= 0.3 is 0 Å². The van der Waals surface area contributed by atoms with Gasteiger partial charge < -0.3 is 5.73 Å². The molecule has 4 nitrogen and oxygen atoms in total. The minimum absolute atomic E-state index is 0.163. The first-order valence-corrected chi connectivity index (χ1v) is 9.14. The highest BCUT2D eigenvalue weighted by atomic mass is 79.9. The van der Waals surface area contributed by atoms with Crippen molar-refractivity contribution in [2.45, 2.75) is 24.3 Å². The highest BCUT2D eigenvalue weighted by Crippen LogP contribution is 2.24. The first kappa shape index (κ1) is 15.5. The summed E-state index contributed by atoms with van der Waals surface area (Å²) in [5.41, 5.74) is 6.07. The molecule has 1 heterocycles. The Morgan fingerprint density at radius 2 is 2.15 bits per heavy atom. The molecule has 1 atom stereocenters. The summed E-state index contributed by atoms with van der Waals surface area (Å²) in [5.74, 6) is 0. The van der Waals surface area contributed by atoms with Gasteiger partial charge in [0.2, 0.25) is 10.0 Å². The van der Waals surface area contributed by atoms with Crippen molar-refractivity contribution < 1.29 is 8.42 Å². The summed E-state index contributed by atoms with van der Waals surface area (Å²) >= 11 is 4.86. The van der Waals surface area contributed by atoms with E-state index in [1.807, 2.05) is 24.4 Å². The lowest BCUT2D eigenvalue weighted by atomic mass is 10.2. The normalized spacial score (nSPS) is 13.3. The van der Waals surface area contributed by atoms with Gasteiger partial charge in [0.15, 0.2) is 0 Å². The van der Waals surface area contributed by atoms with E-state index < -0.39 is 10.0 Å². The molecule has 0 bridgehead atoms. The van der Waals surface area contributed by atoms with Crippen molar-refractivity contribution in [2.24, 2.45) is 0 Å². The smallest absolute Gasteiger partial charge is 0.242 e. The second-order valence-corrected chi connectivity index (χ2v) is 8.06. The molecule has 0 aliphatic rings. The summed E-state index contributed by atoms with van der Waals surface area (Å²) in [6.45, 7) is 1.84. The summed E-state index contributed by atoms with van der Waals surface area (Å²) in [4.78, 5) is 1.31. The summed E-state index contributed by atoms with van der Waals surface area (Å²) in [6, 6.07) is 8.49. The zero-order valence-electron chi connectivity index (χ0n) is 10.8. The van der Waals surface area contributed by atoms with Crippen molar-refractivity contribution in [3.63, 3.8) is 0 Å². The Hall–Kier alpha value is -0.890. The number of hydrogen-bond donors (Lipinski definition) is 2. The van der Waals surface area contributed by atoms with Gasteiger partial charge in [0.1, 0.15) is 0 Å². The maximum absolute atomic E-state index is 12.4. The third kappa shape index (κ3) is 3.82. The fraction of sp³-hybridized carbons (Fsp3) is 0.231. The van der Waals surface area contributed by atoms with Crippen molar-refractivity contribution in [3.05, 3.63) is 45.1 Å². The zero-order chi connectivity index (χ0) is 14.8. The van der Waals surface area contributed by atoms with Crippen LogP contribution in [0.2, 0.25) is 0 Å². The minimum atomic E-state index is -3.59. The Labute approximate surface area is 131 Å². The van der Waals surface area contributed by atoms with Gasteiger partial charge in [0, 0.05) is 21.1 Å². The minimum Gasteiger partial charge on any atom is -0.399 e. The van der Waals surface area contributed by atoms with E-state index in [9.17, 15) is 8.42 Å². The molecule has 0 amide bonds. The van der Waals surface area contributed by atoms with Gasteiger partial charge in [-0.15, -0.1) is 11.3 Å². The van der Waals surface area contributed by atoms with Gasteiger partial charge in [-0.1, -0.05) is 6.07 Å². The van der Waals surface area contributed by atoms with Gasteiger partial charge in [-0.25, -0.2) is 13.1 Å². The SMILES string of the molecule is CC(Cc1cccs1)NS(=O)(=O)c1cc(N)ccc1Br. The number of anilines is 1. The number of hydrogen-bond acceptors (Lipinski definition) is 4. The van der Waals surface area contributed by atoms with E-state index in [0.717, 1.165) is 4.88 Å². The van der Waals surface area contributed by atoms with Crippen LogP contribution in [0.25, 0.3) is 0 Å². The van der Waals surface area contributed by atoms with E-state index in [1.54, 1.807) is 23.5 Å². The molecule has 0 saturated heterocycles. The molecule has 0 saturated carbocycles. The quantitative estimate of drug-likeness (QED) is 0.790. The molecule has 2 aromatic rings. The lowest BCUT2D eigenvalue weighted by Crippen LogP contribution is -2.34. The molecule has 108 valence electrons. The van der Waals surface area contributed by atoms with Crippen molar-refractivity contribution in [1.82, 2.24) is 4.72 Å². The Bertz CT molecular complexity index is 684. The summed E-state index contributed by atoms with van der Waals surface area (Å²) in [5, 5.41) is 1.98. The molecule has 1 aromatic carbocycles. The highest BCUT2D eigenvalue weighted by Gasteiger charge is 2.20. The zero-order valence-corrected chi connectivity index (χ0v) is 14.1. The molecule has 20 heavy (non-hydrogen) atoms. The fourth-order valence-electron chi connectivity index (χ4n) is 1.83. The van der Waals surface area contributed by atoms with E-state index in [2.05, 4.69) is 20.7 Å². The number of nitrogen functional groups attached to an aromatic ring is 1. The molecule has 3 N–H and O–H groups in total. The Kier molecular flexibility index (Phi) is 4.85.